The van der Waals surface area contributed by atoms with Crippen LogP contribution in [-0.4, -0.2) is 38.4 Å². The second-order valence-electron chi connectivity index (χ2n) is 6.84. The fourth-order valence-electron chi connectivity index (χ4n) is 3.48. The van der Waals surface area contributed by atoms with Crippen molar-refractivity contribution in [1.82, 2.24) is 4.31 Å². The summed E-state index contributed by atoms with van der Waals surface area (Å²) in [7, 11) is -3.57. The van der Waals surface area contributed by atoms with Crippen LogP contribution >= 0.6 is 0 Å². The monoisotopic (exact) mass is 378 g/mol. The molecule has 0 radical (unpaired) electrons. The van der Waals surface area contributed by atoms with Gasteiger partial charge in [0.2, 0.25) is 10.0 Å². The molecule has 1 saturated heterocycles. The van der Waals surface area contributed by atoms with Crippen molar-refractivity contribution in [3.05, 3.63) is 28.8 Å². The number of nitrogens with zero attached hydrogens (tertiary/aromatic N) is 2. The van der Waals surface area contributed by atoms with Crippen molar-refractivity contribution in [3.63, 3.8) is 0 Å². The molecule has 0 unspecified atom stereocenters. The molecule has 26 heavy (non-hydrogen) atoms. The van der Waals surface area contributed by atoms with Crippen LogP contribution in [0.4, 0.5) is 0 Å². The molecule has 0 aliphatic carbocycles. The average molecular weight is 378 g/mol. The van der Waals surface area contributed by atoms with Crippen LogP contribution in [0.1, 0.15) is 42.4 Å². The number of rotatable bonds is 6. The molecule has 0 amide bonds. The van der Waals surface area contributed by atoms with Crippen molar-refractivity contribution in [2.75, 3.05) is 19.7 Å². The molecule has 142 valence electrons. The van der Waals surface area contributed by atoms with Gasteiger partial charge in [-0.05, 0) is 51.2 Å². The van der Waals surface area contributed by atoms with Gasteiger partial charge in [0.1, 0.15) is 0 Å². The molecule has 7 heteroatoms. The summed E-state index contributed by atoms with van der Waals surface area (Å²) in [6.45, 7) is 6.45. The number of carbonyl (C=O) groups excluding carboxylic acids is 1. The Morgan fingerprint density at radius 1 is 1.23 bits per heavy atom. The Kier molecular flexibility index (Phi) is 6.79. The molecule has 0 spiro atoms. The number of aryl methyl sites for hydroxylation is 3. The largest absolute Gasteiger partial charge is 0.465 e. The maximum atomic E-state index is 13.0. The second-order valence-corrected chi connectivity index (χ2v) is 8.71. The van der Waals surface area contributed by atoms with Gasteiger partial charge in [0.25, 0.3) is 0 Å². The second kappa shape index (κ2) is 8.65. The van der Waals surface area contributed by atoms with E-state index >= 15 is 0 Å². The Hall–Kier alpha value is -1.91. The number of piperidine rings is 1. The molecule has 1 heterocycles. The minimum absolute atomic E-state index is 0.243. The van der Waals surface area contributed by atoms with E-state index in [-0.39, 0.29) is 18.5 Å². The summed E-state index contributed by atoms with van der Waals surface area (Å²) in [6, 6.07) is 5.77. The average Bonchev–Trinajstić information content (AvgIpc) is 2.57. The van der Waals surface area contributed by atoms with Gasteiger partial charge in [-0.15, -0.1) is 0 Å². The number of benzene rings is 1. The lowest BCUT2D eigenvalue weighted by molar-refractivity contribution is -0.149. The zero-order chi connectivity index (χ0) is 19.3. The van der Waals surface area contributed by atoms with Gasteiger partial charge < -0.3 is 4.74 Å². The van der Waals surface area contributed by atoms with E-state index in [4.69, 9.17) is 10.00 Å². The molecule has 1 aromatic carbocycles. The SMILES string of the molecule is Cc1cc(C)c(S(=O)(=O)N2CCC(C(=O)OCCCC#N)CC2)c(C)c1. The van der Waals surface area contributed by atoms with Crippen molar-refractivity contribution in [3.8, 4) is 6.07 Å². The number of carbonyl (C=O) groups is 1. The molecule has 0 saturated carbocycles. The summed E-state index contributed by atoms with van der Waals surface area (Å²) < 4.78 is 32.7. The number of esters is 1. The highest BCUT2D eigenvalue weighted by molar-refractivity contribution is 7.89. The third-order valence-corrected chi connectivity index (χ3v) is 6.87. The van der Waals surface area contributed by atoms with Crippen molar-refractivity contribution in [1.29, 1.82) is 5.26 Å². The highest BCUT2D eigenvalue weighted by Crippen LogP contribution is 2.29. The Balaban J connectivity index is 2.01. The molecule has 1 aliphatic rings. The van der Waals surface area contributed by atoms with Crippen LogP contribution < -0.4 is 0 Å². The van der Waals surface area contributed by atoms with E-state index in [9.17, 15) is 13.2 Å². The minimum Gasteiger partial charge on any atom is -0.465 e. The highest BCUT2D eigenvalue weighted by atomic mass is 32.2. The van der Waals surface area contributed by atoms with E-state index in [1.807, 2.05) is 39.0 Å². The molecule has 1 fully saturated rings. The molecule has 1 aliphatic heterocycles. The van der Waals surface area contributed by atoms with Gasteiger partial charge >= 0.3 is 5.97 Å². The van der Waals surface area contributed by atoms with E-state index in [1.54, 1.807) is 0 Å². The fraction of sp³-hybridized carbons (Fsp3) is 0.579. The van der Waals surface area contributed by atoms with Gasteiger partial charge in [0.15, 0.2) is 0 Å². The lowest BCUT2D eigenvalue weighted by Gasteiger charge is -2.31. The predicted molar refractivity (Wildman–Crippen MR) is 97.9 cm³/mol. The highest BCUT2D eigenvalue weighted by Gasteiger charge is 2.34. The smallest absolute Gasteiger partial charge is 0.309 e. The molecule has 0 aromatic heterocycles. The summed E-state index contributed by atoms with van der Waals surface area (Å²) >= 11 is 0. The maximum Gasteiger partial charge on any atom is 0.309 e. The molecule has 6 nitrogen and oxygen atoms in total. The first-order chi connectivity index (χ1) is 12.3. The molecule has 1 aromatic rings. The van der Waals surface area contributed by atoms with Crippen LogP contribution in [0.15, 0.2) is 17.0 Å². The van der Waals surface area contributed by atoms with Gasteiger partial charge in [-0.2, -0.15) is 9.57 Å². The number of unbranched alkanes of at least 4 members (excludes halogenated alkanes) is 1. The number of ether oxygens (including phenoxy) is 1. The third kappa shape index (κ3) is 4.63. The first-order valence-corrected chi connectivity index (χ1v) is 10.3. The Labute approximate surface area is 155 Å². The summed E-state index contributed by atoms with van der Waals surface area (Å²) in [5.74, 6) is -0.563. The summed E-state index contributed by atoms with van der Waals surface area (Å²) in [5, 5.41) is 8.48. The minimum atomic E-state index is -3.57. The predicted octanol–water partition coefficient (Wildman–Crippen LogP) is 2.86. The summed E-state index contributed by atoms with van der Waals surface area (Å²) in [4.78, 5) is 12.4. The standard InChI is InChI=1S/C19H26N2O4S/c1-14-12-15(2)18(16(3)13-14)26(23,24)21-9-6-17(7-10-21)19(22)25-11-5-4-8-20/h12-13,17H,4-7,9-11H2,1-3H3. The molecule has 0 bridgehead atoms. The van der Waals surface area contributed by atoms with Gasteiger partial charge in [-0.1, -0.05) is 17.7 Å². The van der Waals surface area contributed by atoms with Crippen LogP contribution in [0.25, 0.3) is 0 Å². The van der Waals surface area contributed by atoms with E-state index in [2.05, 4.69) is 0 Å². The zero-order valence-electron chi connectivity index (χ0n) is 15.6. The number of nitriles is 1. The molecule has 0 N–H and O–H groups in total. The van der Waals surface area contributed by atoms with Gasteiger partial charge in [-0.25, -0.2) is 8.42 Å². The van der Waals surface area contributed by atoms with Crippen LogP contribution in [-0.2, 0) is 19.6 Å². The number of hydrogen-bond acceptors (Lipinski definition) is 5. The Morgan fingerprint density at radius 2 is 1.81 bits per heavy atom. The normalized spacial score (nSPS) is 16.2. The van der Waals surface area contributed by atoms with Crippen LogP contribution in [0.2, 0.25) is 0 Å². The van der Waals surface area contributed by atoms with E-state index in [0.717, 1.165) is 16.7 Å². The van der Waals surface area contributed by atoms with E-state index in [0.29, 0.717) is 43.7 Å². The lowest BCUT2D eigenvalue weighted by Crippen LogP contribution is -2.41. The summed E-state index contributed by atoms with van der Waals surface area (Å²) in [6.07, 6.45) is 1.81. The number of hydrogen-bond donors (Lipinski definition) is 0. The quantitative estimate of drug-likeness (QED) is 0.561. The van der Waals surface area contributed by atoms with Gasteiger partial charge in [0, 0.05) is 19.5 Å². The lowest BCUT2D eigenvalue weighted by atomic mass is 9.98. The Morgan fingerprint density at radius 3 is 2.35 bits per heavy atom. The van der Waals surface area contributed by atoms with Crippen LogP contribution in [0, 0.1) is 38.0 Å². The van der Waals surface area contributed by atoms with Crippen LogP contribution in [0.3, 0.4) is 0 Å². The fourth-order valence-corrected chi connectivity index (χ4v) is 5.36. The maximum absolute atomic E-state index is 13.0. The van der Waals surface area contributed by atoms with Crippen molar-refractivity contribution < 1.29 is 17.9 Å². The van der Waals surface area contributed by atoms with Crippen molar-refractivity contribution in [2.24, 2.45) is 5.92 Å². The third-order valence-electron chi connectivity index (χ3n) is 4.67. The number of sulfonamides is 1. The van der Waals surface area contributed by atoms with E-state index < -0.39 is 10.0 Å². The Bertz CT molecular complexity index is 780. The molecular formula is C19H26N2O4S. The molecule has 2 rings (SSSR count). The van der Waals surface area contributed by atoms with E-state index in [1.165, 1.54) is 4.31 Å². The first-order valence-electron chi connectivity index (χ1n) is 8.89. The summed E-state index contributed by atoms with van der Waals surface area (Å²) in [5.41, 5.74) is 2.54. The van der Waals surface area contributed by atoms with Crippen molar-refractivity contribution >= 4 is 16.0 Å². The molecular weight excluding hydrogens is 352 g/mol. The van der Waals surface area contributed by atoms with Crippen molar-refractivity contribution in [2.45, 2.75) is 51.3 Å². The van der Waals surface area contributed by atoms with Crippen LogP contribution in [0.5, 0.6) is 0 Å². The topological polar surface area (TPSA) is 87.5 Å². The van der Waals surface area contributed by atoms with Gasteiger partial charge in [-0.3, -0.25) is 4.79 Å². The van der Waals surface area contributed by atoms with Gasteiger partial charge in [0.05, 0.1) is 23.5 Å². The molecule has 0 atom stereocenters. The zero-order valence-corrected chi connectivity index (χ0v) is 16.4. The first kappa shape index (κ1) is 20.4.